The number of aliphatic hydroxyl groups excluding tert-OH is 1. The Balaban J connectivity index is 1.18. The number of primary amides is 1. The fourth-order valence-corrected chi connectivity index (χ4v) is 7.05. The fraction of sp³-hybridized carbons (Fsp3) is 0.342. The molecule has 260 valence electrons. The molecule has 2 saturated carbocycles. The first-order valence-electron chi connectivity index (χ1n) is 16.7. The van der Waals surface area contributed by atoms with Gasteiger partial charge in [-0.2, -0.15) is 5.10 Å². The number of nitrogens with one attached hydrogen (secondary N) is 2. The molecule has 50 heavy (non-hydrogen) atoms. The molecule has 0 aliphatic heterocycles. The number of methoxy groups -OCH3 is 3. The maximum absolute atomic E-state index is 11.9. The van der Waals surface area contributed by atoms with Crippen LogP contribution in [0.5, 0.6) is 17.4 Å². The number of nitrogens with two attached hydrogens (primary N) is 1. The number of hydrogen-bond acceptors (Lipinski definition) is 9. The van der Waals surface area contributed by atoms with Crippen LogP contribution in [0.3, 0.4) is 0 Å². The number of pyridine rings is 1. The van der Waals surface area contributed by atoms with Gasteiger partial charge in [0.2, 0.25) is 11.8 Å². The highest BCUT2D eigenvalue weighted by Crippen LogP contribution is 2.45. The van der Waals surface area contributed by atoms with Gasteiger partial charge < -0.3 is 35.7 Å². The van der Waals surface area contributed by atoms with Gasteiger partial charge in [0.15, 0.2) is 0 Å². The van der Waals surface area contributed by atoms with Crippen molar-refractivity contribution in [2.45, 2.75) is 50.9 Å². The lowest BCUT2D eigenvalue weighted by Gasteiger charge is -2.32. The molecule has 0 bridgehead atoms. The van der Waals surface area contributed by atoms with Crippen LogP contribution < -0.4 is 30.6 Å². The summed E-state index contributed by atoms with van der Waals surface area (Å²) < 4.78 is 19.1. The Labute approximate surface area is 295 Å². The Bertz CT molecular complexity index is 2030. The van der Waals surface area contributed by atoms with Gasteiger partial charge in [0.05, 0.1) is 66.5 Å². The molecule has 2 heterocycles. The number of aliphatic hydroxyl groups is 1. The number of nitrogens with zero attached hydrogens (tertiary/aromatic N) is 3. The van der Waals surface area contributed by atoms with Crippen LogP contribution in [0, 0.1) is 5.41 Å². The summed E-state index contributed by atoms with van der Waals surface area (Å²) in [7, 11) is 4.86. The van der Waals surface area contributed by atoms with Gasteiger partial charge in [0.1, 0.15) is 11.5 Å². The zero-order chi connectivity index (χ0) is 35.0. The van der Waals surface area contributed by atoms with Crippen molar-refractivity contribution in [1.82, 2.24) is 25.4 Å². The van der Waals surface area contributed by atoms with Crippen molar-refractivity contribution >= 4 is 28.4 Å². The van der Waals surface area contributed by atoms with Crippen molar-refractivity contribution < 1.29 is 24.1 Å². The van der Waals surface area contributed by atoms with Gasteiger partial charge in [-0.3, -0.25) is 4.79 Å². The summed E-state index contributed by atoms with van der Waals surface area (Å²) in [5, 5.41) is 22.7. The lowest BCUT2D eigenvalue weighted by Crippen LogP contribution is -2.43. The zero-order valence-electron chi connectivity index (χ0n) is 28.3. The zero-order valence-corrected chi connectivity index (χ0v) is 29.1. The summed E-state index contributed by atoms with van der Waals surface area (Å²) in [4.78, 5) is 16.7. The molecule has 2 aromatic heterocycles. The number of amides is 1. The van der Waals surface area contributed by atoms with Crippen LogP contribution in [0.4, 0.5) is 0 Å². The molecule has 12 heteroatoms. The lowest BCUT2D eigenvalue weighted by atomic mass is 9.89. The minimum absolute atomic E-state index is 0.215. The second kappa shape index (κ2) is 13.9. The van der Waals surface area contributed by atoms with Crippen molar-refractivity contribution in [3.05, 3.63) is 83.0 Å². The number of halogens is 1. The van der Waals surface area contributed by atoms with Crippen LogP contribution in [-0.2, 0) is 17.9 Å². The highest BCUT2D eigenvalue weighted by molar-refractivity contribution is 6.36. The molecule has 3 aromatic carbocycles. The Hall–Kier alpha value is -4.68. The summed E-state index contributed by atoms with van der Waals surface area (Å²) in [6.07, 6.45) is 4.75. The summed E-state index contributed by atoms with van der Waals surface area (Å²) in [5.41, 5.74) is 11.9. The molecule has 2 fully saturated rings. The summed E-state index contributed by atoms with van der Waals surface area (Å²) in [5.74, 6) is 1.54. The predicted octanol–water partition coefficient (Wildman–Crippen LogP) is 5.40. The number of aromatic nitrogens is 3. The van der Waals surface area contributed by atoms with E-state index >= 15 is 0 Å². The average molecular weight is 697 g/mol. The number of carbonyl (C=O) groups is 1. The smallest absolute Gasteiger partial charge is 0.224 e. The topological polar surface area (TPSA) is 146 Å². The third-order valence-corrected chi connectivity index (χ3v) is 10.4. The van der Waals surface area contributed by atoms with Crippen LogP contribution in [0.25, 0.3) is 39.0 Å². The number of benzene rings is 3. The van der Waals surface area contributed by atoms with Crippen molar-refractivity contribution in [3.63, 3.8) is 0 Å². The van der Waals surface area contributed by atoms with Gasteiger partial charge in [0, 0.05) is 59.9 Å². The van der Waals surface area contributed by atoms with E-state index in [1.807, 2.05) is 71.5 Å². The standard InChI is InChI=1S/C38H41ClN6O5/c1-48-33-16-24(17-34(49-2)30(33)19-41-21-38(12-13-38)37(40)47)45-32-9-5-6-26(29(32)20-43-45)27-7-4-8-28(35(27)39)31-11-10-22(36(44-31)50-3)18-42-23-14-25(46)15-23/h4-11,16-17,20,23,25,41-42,46H,12-15,18-19,21H2,1-3H3,(H2,40,47). The molecule has 0 spiro atoms. The second-order valence-corrected chi connectivity index (χ2v) is 13.5. The van der Waals surface area contributed by atoms with E-state index in [-0.39, 0.29) is 12.0 Å². The second-order valence-electron chi connectivity index (χ2n) is 13.1. The van der Waals surface area contributed by atoms with Crippen molar-refractivity contribution in [1.29, 1.82) is 0 Å². The minimum Gasteiger partial charge on any atom is -0.496 e. The molecule has 0 unspecified atom stereocenters. The van der Waals surface area contributed by atoms with E-state index in [2.05, 4.69) is 10.6 Å². The third-order valence-electron chi connectivity index (χ3n) is 9.98. The van der Waals surface area contributed by atoms with Crippen molar-refractivity contribution in [3.8, 4) is 45.5 Å². The van der Waals surface area contributed by atoms with E-state index in [0.717, 1.165) is 70.1 Å². The van der Waals surface area contributed by atoms with E-state index in [4.69, 9.17) is 41.6 Å². The molecule has 5 N–H and O–H groups in total. The van der Waals surface area contributed by atoms with E-state index in [1.54, 1.807) is 21.3 Å². The van der Waals surface area contributed by atoms with Gasteiger partial charge >= 0.3 is 0 Å². The number of carbonyl (C=O) groups excluding carboxylic acids is 1. The molecular weight excluding hydrogens is 656 g/mol. The van der Waals surface area contributed by atoms with Crippen molar-refractivity contribution in [2.75, 3.05) is 27.9 Å². The molecule has 7 rings (SSSR count). The predicted molar refractivity (Wildman–Crippen MR) is 193 cm³/mol. The highest BCUT2D eigenvalue weighted by atomic mass is 35.5. The molecule has 5 aromatic rings. The van der Waals surface area contributed by atoms with Crippen LogP contribution >= 0.6 is 11.6 Å². The van der Waals surface area contributed by atoms with Gasteiger partial charge in [0.25, 0.3) is 0 Å². The van der Waals surface area contributed by atoms with Gasteiger partial charge in [-0.15, -0.1) is 0 Å². The summed E-state index contributed by atoms with van der Waals surface area (Å²) in [6, 6.07) is 20.1. The van der Waals surface area contributed by atoms with Gasteiger partial charge in [-0.25, -0.2) is 9.67 Å². The number of fused-ring (bicyclic) bond motifs is 1. The molecule has 2 aliphatic carbocycles. The average Bonchev–Trinajstić information content (AvgIpc) is 3.79. The molecule has 11 nitrogen and oxygen atoms in total. The van der Waals surface area contributed by atoms with E-state index in [0.29, 0.717) is 53.8 Å². The monoisotopic (exact) mass is 696 g/mol. The fourth-order valence-electron chi connectivity index (χ4n) is 6.72. The molecule has 0 saturated heterocycles. The van der Waals surface area contributed by atoms with E-state index < -0.39 is 5.41 Å². The van der Waals surface area contributed by atoms with Crippen LogP contribution in [-0.4, -0.2) is 65.8 Å². The maximum Gasteiger partial charge on any atom is 0.224 e. The molecule has 2 aliphatic rings. The van der Waals surface area contributed by atoms with Gasteiger partial charge in [-0.05, 0) is 43.4 Å². The first-order chi connectivity index (χ1) is 24.2. The SMILES string of the molecule is COc1cc(-n2ncc3c(-c4cccc(-c5ccc(CNC6CC(O)C6)c(OC)n5)c4Cl)cccc32)cc(OC)c1CNCC1(C(N)=O)CC1. The maximum atomic E-state index is 11.9. The largest absolute Gasteiger partial charge is 0.496 e. The Morgan fingerprint density at radius 2 is 1.68 bits per heavy atom. The van der Waals surface area contributed by atoms with Crippen LogP contribution in [0.2, 0.25) is 5.02 Å². The summed E-state index contributed by atoms with van der Waals surface area (Å²) in [6.45, 7) is 1.56. The molecular formula is C38H41ClN6O5. The van der Waals surface area contributed by atoms with Crippen LogP contribution in [0.15, 0.2) is 66.9 Å². The number of ether oxygens (including phenoxy) is 3. The Morgan fingerprint density at radius 3 is 2.34 bits per heavy atom. The highest BCUT2D eigenvalue weighted by Gasteiger charge is 2.48. The Morgan fingerprint density at radius 1 is 0.980 bits per heavy atom. The van der Waals surface area contributed by atoms with Crippen molar-refractivity contribution in [2.24, 2.45) is 11.1 Å². The summed E-state index contributed by atoms with van der Waals surface area (Å²) >= 11 is 7.16. The minimum atomic E-state index is -0.457. The Kier molecular flexibility index (Phi) is 9.40. The molecule has 1 amide bonds. The normalized spacial score (nSPS) is 17.7. The van der Waals surface area contributed by atoms with E-state index in [1.165, 1.54) is 0 Å². The molecule has 0 atom stereocenters. The first kappa shape index (κ1) is 33.8. The number of rotatable bonds is 14. The first-order valence-corrected chi connectivity index (χ1v) is 17.1. The van der Waals surface area contributed by atoms with Crippen LogP contribution in [0.1, 0.15) is 36.8 Å². The number of hydrogen-bond donors (Lipinski definition) is 4. The van der Waals surface area contributed by atoms with Gasteiger partial charge in [-0.1, -0.05) is 48.0 Å². The lowest BCUT2D eigenvalue weighted by molar-refractivity contribution is -0.122. The molecule has 0 radical (unpaired) electrons. The quantitative estimate of drug-likeness (QED) is 0.120. The third kappa shape index (κ3) is 6.37. The van der Waals surface area contributed by atoms with E-state index in [9.17, 15) is 9.90 Å².